The molecule has 0 amide bonds. The fraction of sp³-hybridized carbons (Fsp3) is 1.00. The fourth-order valence-corrected chi connectivity index (χ4v) is 2.13. The van der Waals surface area contributed by atoms with E-state index in [0.717, 1.165) is 19.6 Å². The van der Waals surface area contributed by atoms with Crippen LogP contribution in [0.5, 0.6) is 0 Å². The molecule has 0 atom stereocenters. The zero-order valence-electron chi connectivity index (χ0n) is 15.1. The van der Waals surface area contributed by atoms with Crippen LogP contribution in [0.2, 0.25) is 0 Å². The van der Waals surface area contributed by atoms with E-state index in [4.69, 9.17) is 34.7 Å². The van der Waals surface area contributed by atoms with Crippen molar-refractivity contribution < 1.29 is 38.4 Å². The summed E-state index contributed by atoms with van der Waals surface area (Å²) in [4.78, 5) is 0. The van der Waals surface area contributed by atoms with Gasteiger partial charge in [0.15, 0.2) is 0 Å². The van der Waals surface area contributed by atoms with Gasteiger partial charge in [0.05, 0.1) is 0 Å². The molecule has 10 nitrogen and oxygen atoms in total. The molecule has 0 aromatic rings. The third-order valence-electron chi connectivity index (χ3n) is 3.01. The molecule has 0 aliphatic heterocycles. The Hall–Kier alpha value is 0.314. The summed E-state index contributed by atoms with van der Waals surface area (Å²) in [6.45, 7) is 7.27. The fourth-order valence-electron chi connectivity index (χ4n) is 1.86. The van der Waals surface area contributed by atoms with E-state index in [2.05, 4.69) is 16.0 Å². The number of nitrogens with two attached hydrogens (primary N) is 3. The number of nitrogens with one attached hydrogen (secondary N) is 3. The maximum absolute atomic E-state index is 5.85. The first-order chi connectivity index (χ1) is 12.2. The van der Waals surface area contributed by atoms with Gasteiger partial charge in [0, 0.05) is 0 Å². The van der Waals surface area contributed by atoms with Crippen LogP contribution in [0.1, 0.15) is 0 Å². The third-order valence-corrected chi connectivity index (χ3v) is 3.24. The number of ether oxygens (including phenoxy) is 3. The summed E-state index contributed by atoms with van der Waals surface area (Å²) in [5.41, 5.74) is 16.4. The zero-order valence-corrected chi connectivity index (χ0v) is 16.6. The van der Waals surface area contributed by atoms with Gasteiger partial charge >= 0.3 is 163 Å². The Morgan fingerprint density at radius 3 is 1.28 bits per heavy atom. The normalized spacial score (nSPS) is 11.9. The van der Waals surface area contributed by atoms with Crippen molar-refractivity contribution in [3.05, 3.63) is 0 Å². The van der Waals surface area contributed by atoms with Gasteiger partial charge in [-0.3, -0.25) is 0 Å². The quantitative estimate of drug-likeness (QED) is 0.0702. The van der Waals surface area contributed by atoms with Crippen LogP contribution in [-0.4, -0.2) is 91.3 Å². The van der Waals surface area contributed by atoms with Crippen LogP contribution in [0.25, 0.3) is 0 Å². The Morgan fingerprint density at radius 2 is 1.00 bits per heavy atom. The molecule has 0 heterocycles. The van der Waals surface area contributed by atoms with Crippen molar-refractivity contribution in [2.45, 2.75) is 5.97 Å². The molecule has 0 fully saturated rings. The predicted molar refractivity (Wildman–Crippen MR) is 92.3 cm³/mol. The standard InChI is InChI=1S/C14H35N6O4.Ti/c15-1-4-18-7-10-22-14(13-21,23-11-8-19-5-2-16)24-12-9-20-6-3-17;/h18-20H,1-13,15-17H2;/q-1;+1. The minimum absolute atomic E-state index is 0.164. The topological polar surface area (TPSA) is 151 Å². The van der Waals surface area contributed by atoms with Crippen molar-refractivity contribution in [2.24, 2.45) is 17.2 Å². The van der Waals surface area contributed by atoms with Gasteiger partial charge in [-0.05, 0) is 0 Å². The van der Waals surface area contributed by atoms with Gasteiger partial charge in [0.1, 0.15) is 0 Å². The third kappa shape index (κ3) is 15.1. The Bertz CT molecular complexity index is 246. The Kier molecular flexibility index (Phi) is 19.3. The van der Waals surface area contributed by atoms with Crippen molar-refractivity contribution in [3.63, 3.8) is 0 Å². The van der Waals surface area contributed by atoms with Gasteiger partial charge in [-0.15, -0.1) is 0 Å². The van der Waals surface area contributed by atoms with Crippen LogP contribution in [-0.2, 0) is 38.4 Å². The number of hydrogen-bond acceptors (Lipinski definition) is 10. The summed E-state index contributed by atoms with van der Waals surface area (Å²) in [5, 5.41) is 9.49. The average Bonchev–Trinajstić information content (AvgIpc) is 2.61. The van der Waals surface area contributed by atoms with Crippen molar-refractivity contribution in [3.8, 4) is 0 Å². The summed E-state index contributed by atoms with van der Waals surface area (Å²) in [6.07, 6.45) is 0. The summed E-state index contributed by atoms with van der Waals surface area (Å²) >= 11 is 1.58. The zero-order chi connectivity index (χ0) is 18.6. The van der Waals surface area contributed by atoms with Gasteiger partial charge < -0.3 is 0 Å². The van der Waals surface area contributed by atoms with Gasteiger partial charge in [0.25, 0.3) is 0 Å². The SMILES string of the molecule is NCCNCCOC(C[O][Ti])(OCCNCCN)OCCNCCN. The first-order valence-electron chi connectivity index (χ1n) is 8.67. The van der Waals surface area contributed by atoms with Crippen molar-refractivity contribution in [2.75, 3.05) is 85.3 Å². The van der Waals surface area contributed by atoms with Crippen LogP contribution in [0.4, 0.5) is 0 Å². The van der Waals surface area contributed by atoms with Crippen LogP contribution < -0.4 is 33.2 Å². The Balaban J connectivity index is 4.40. The van der Waals surface area contributed by atoms with Gasteiger partial charge in [-0.2, -0.15) is 0 Å². The van der Waals surface area contributed by atoms with E-state index in [0.29, 0.717) is 59.1 Å². The molecule has 0 aromatic carbocycles. The summed E-state index contributed by atoms with van der Waals surface area (Å²) < 4.78 is 22.8. The monoisotopic (exact) mass is 399 g/mol. The van der Waals surface area contributed by atoms with Crippen molar-refractivity contribution >= 4 is 0 Å². The first kappa shape index (κ1) is 25.3. The summed E-state index contributed by atoms with van der Waals surface area (Å²) in [6, 6.07) is 0. The minimum atomic E-state index is -1.24. The van der Waals surface area contributed by atoms with Gasteiger partial charge in [-0.25, -0.2) is 0 Å². The van der Waals surface area contributed by atoms with E-state index >= 15 is 0 Å². The Labute approximate surface area is 163 Å². The summed E-state index contributed by atoms with van der Waals surface area (Å²) in [5.74, 6) is -1.24. The van der Waals surface area contributed by atoms with Crippen LogP contribution in [0.3, 0.4) is 0 Å². The van der Waals surface area contributed by atoms with Gasteiger partial charge in [-0.1, -0.05) is 0 Å². The molecule has 0 saturated carbocycles. The molecule has 9 N–H and O–H groups in total. The van der Waals surface area contributed by atoms with E-state index in [1.165, 1.54) is 0 Å². The molecule has 25 heavy (non-hydrogen) atoms. The van der Waals surface area contributed by atoms with Crippen molar-refractivity contribution in [1.82, 2.24) is 16.0 Å². The van der Waals surface area contributed by atoms with E-state index in [1.807, 2.05) is 0 Å². The molecule has 11 heteroatoms. The first-order valence-corrected chi connectivity index (χ1v) is 9.31. The van der Waals surface area contributed by atoms with E-state index < -0.39 is 5.97 Å². The predicted octanol–water partition coefficient (Wildman–Crippen LogP) is -3.19. The van der Waals surface area contributed by atoms with Crippen molar-refractivity contribution in [1.29, 1.82) is 0 Å². The molecule has 149 valence electrons. The molecule has 0 rings (SSSR count). The van der Waals surface area contributed by atoms with Crippen LogP contribution in [0.15, 0.2) is 0 Å². The van der Waals surface area contributed by atoms with E-state index in [9.17, 15) is 0 Å². The second-order valence-electron chi connectivity index (χ2n) is 5.13. The molecular weight excluding hydrogens is 364 g/mol. The molecule has 0 aromatic heterocycles. The average molecular weight is 399 g/mol. The van der Waals surface area contributed by atoms with E-state index in [1.54, 1.807) is 20.8 Å². The molecule has 0 aliphatic rings. The molecule has 0 unspecified atom stereocenters. The summed E-state index contributed by atoms with van der Waals surface area (Å²) in [7, 11) is 0. The van der Waals surface area contributed by atoms with E-state index in [-0.39, 0.29) is 6.61 Å². The molecule has 0 bridgehead atoms. The molecule has 0 spiro atoms. The molecular formula is C14H35N6O4Ti. The van der Waals surface area contributed by atoms with Crippen LogP contribution in [0, 0.1) is 0 Å². The molecule has 0 saturated heterocycles. The Morgan fingerprint density at radius 1 is 0.640 bits per heavy atom. The second-order valence-corrected chi connectivity index (χ2v) is 5.58. The van der Waals surface area contributed by atoms with Crippen LogP contribution >= 0.6 is 0 Å². The van der Waals surface area contributed by atoms with Gasteiger partial charge in [0.2, 0.25) is 0 Å². The molecule has 0 aliphatic carbocycles. The molecule has 0 radical (unpaired) electrons. The maximum atomic E-state index is 5.85. The number of hydrogen-bond donors (Lipinski definition) is 6. The number of rotatable bonds is 20. The second kappa shape index (κ2) is 19.1.